The van der Waals surface area contributed by atoms with Crippen molar-refractivity contribution < 1.29 is 9.32 Å². The summed E-state index contributed by atoms with van der Waals surface area (Å²) in [4.78, 5) is 17.7. The van der Waals surface area contributed by atoms with Crippen LogP contribution in [0, 0.1) is 13.8 Å². The molecule has 0 radical (unpaired) electrons. The fourth-order valence-electron chi connectivity index (χ4n) is 2.22. The fraction of sp³-hybridized carbons (Fsp3) is 0.167. The summed E-state index contributed by atoms with van der Waals surface area (Å²) in [7, 11) is 0. The number of hydrogen-bond acceptors (Lipinski definition) is 5. The lowest BCUT2D eigenvalue weighted by Gasteiger charge is -2.11. The zero-order valence-electron chi connectivity index (χ0n) is 13.4. The number of anilines is 1. The summed E-state index contributed by atoms with van der Waals surface area (Å²) in [5, 5.41) is 6.74. The zero-order chi connectivity index (χ0) is 16.9. The van der Waals surface area contributed by atoms with E-state index in [9.17, 15) is 4.79 Å². The highest BCUT2D eigenvalue weighted by Gasteiger charge is 2.13. The normalized spacial score (nSPS) is 10.6. The zero-order valence-corrected chi connectivity index (χ0v) is 14.3. The number of aryl methyl sites for hydroxylation is 2. The van der Waals surface area contributed by atoms with Crippen molar-refractivity contribution in [2.24, 2.45) is 0 Å². The van der Waals surface area contributed by atoms with Crippen LogP contribution in [-0.4, -0.2) is 16.0 Å². The van der Waals surface area contributed by atoms with Crippen LogP contribution in [0.1, 0.15) is 27.6 Å². The molecule has 122 valence electrons. The van der Waals surface area contributed by atoms with Gasteiger partial charge in [0.1, 0.15) is 0 Å². The second-order valence-corrected chi connectivity index (χ2v) is 6.31. The van der Waals surface area contributed by atoms with Crippen LogP contribution in [0.2, 0.25) is 0 Å². The molecule has 0 aliphatic heterocycles. The van der Waals surface area contributed by atoms with Crippen molar-refractivity contribution >= 4 is 23.4 Å². The van der Waals surface area contributed by atoms with E-state index in [1.807, 2.05) is 55.5 Å². The molecule has 0 aliphatic rings. The predicted octanol–water partition coefficient (Wildman–Crippen LogP) is 4.23. The van der Waals surface area contributed by atoms with E-state index in [2.05, 4.69) is 15.5 Å². The van der Waals surface area contributed by atoms with E-state index in [1.54, 1.807) is 6.92 Å². The molecule has 0 fully saturated rings. The summed E-state index contributed by atoms with van der Waals surface area (Å²) < 4.78 is 5.12. The SMILES string of the molecule is Cc1noc(CSc2ccccc2C(=O)Nc2ccccc2C)n1. The number of nitrogens with one attached hydrogen (secondary N) is 1. The van der Waals surface area contributed by atoms with Crippen LogP contribution in [0.3, 0.4) is 0 Å². The van der Waals surface area contributed by atoms with E-state index in [0.717, 1.165) is 16.1 Å². The lowest BCUT2D eigenvalue weighted by molar-refractivity contribution is 0.102. The smallest absolute Gasteiger partial charge is 0.256 e. The van der Waals surface area contributed by atoms with E-state index >= 15 is 0 Å². The van der Waals surface area contributed by atoms with Gasteiger partial charge < -0.3 is 9.84 Å². The van der Waals surface area contributed by atoms with E-state index in [4.69, 9.17) is 4.52 Å². The molecule has 0 spiro atoms. The van der Waals surface area contributed by atoms with Crippen LogP contribution in [0.4, 0.5) is 5.69 Å². The summed E-state index contributed by atoms with van der Waals surface area (Å²) in [5.41, 5.74) is 2.47. The monoisotopic (exact) mass is 339 g/mol. The van der Waals surface area contributed by atoms with Crippen molar-refractivity contribution in [1.82, 2.24) is 10.1 Å². The molecule has 0 saturated carbocycles. The highest BCUT2D eigenvalue weighted by Crippen LogP contribution is 2.27. The summed E-state index contributed by atoms with van der Waals surface area (Å²) >= 11 is 1.50. The fourth-order valence-corrected chi connectivity index (χ4v) is 3.11. The lowest BCUT2D eigenvalue weighted by Crippen LogP contribution is -2.13. The van der Waals surface area contributed by atoms with Gasteiger partial charge in [0.15, 0.2) is 5.82 Å². The highest BCUT2D eigenvalue weighted by atomic mass is 32.2. The quantitative estimate of drug-likeness (QED) is 0.705. The van der Waals surface area contributed by atoms with Crippen molar-refractivity contribution in [3.8, 4) is 0 Å². The maximum atomic E-state index is 12.6. The second kappa shape index (κ2) is 7.31. The molecule has 1 N–H and O–H groups in total. The van der Waals surface area contributed by atoms with Crippen molar-refractivity contribution in [1.29, 1.82) is 0 Å². The predicted molar refractivity (Wildman–Crippen MR) is 94.2 cm³/mol. The molecule has 5 nitrogen and oxygen atoms in total. The Kier molecular flexibility index (Phi) is 4.96. The highest BCUT2D eigenvalue weighted by molar-refractivity contribution is 7.98. The van der Waals surface area contributed by atoms with Crippen LogP contribution in [-0.2, 0) is 5.75 Å². The first kappa shape index (κ1) is 16.3. The summed E-state index contributed by atoms with van der Waals surface area (Å²) in [5.74, 6) is 1.55. The first-order valence-electron chi connectivity index (χ1n) is 7.51. The molecule has 0 unspecified atom stereocenters. The van der Waals surface area contributed by atoms with Gasteiger partial charge in [0, 0.05) is 10.6 Å². The molecular weight excluding hydrogens is 322 g/mol. The van der Waals surface area contributed by atoms with E-state index in [-0.39, 0.29) is 5.91 Å². The van der Waals surface area contributed by atoms with Gasteiger partial charge in [0.25, 0.3) is 5.91 Å². The molecule has 1 amide bonds. The molecule has 3 rings (SSSR count). The molecule has 0 saturated heterocycles. The van der Waals surface area contributed by atoms with Crippen LogP contribution in [0.5, 0.6) is 0 Å². The Hall–Kier alpha value is -2.60. The van der Waals surface area contributed by atoms with Gasteiger partial charge in [-0.1, -0.05) is 35.5 Å². The Morgan fingerprint density at radius 3 is 2.62 bits per heavy atom. The minimum atomic E-state index is -0.130. The number of thioether (sulfide) groups is 1. The first-order chi connectivity index (χ1) is 11.6. The third-order valence-corrected chi connectivity index (χ3v) is 4.50. The van der Waals surface area contributed by atoms with Gasteiger partial charge in [-0.3, -0.25) is 4.79 Å². The molecule has 0 aliphatic carbocycles. The van der Waals surface area contributed by atoms with Crippen molar-refractivity contribution in [2.45, 2.75) is 24.5 Å². The molecule has 24 heavy (non-hydrogen) atoms. The van der Waals surface area contributed by atoms with Crippen LogP contribution < -0.4 is 5.32 Å². The minimum Gasteiger partial charge on any atom is -0.338 e. The number of carbonyl (C=O) groups excluding carboxylic acids is 1. The Balaban J connectivity index is 1.75. The molecule has 2 aromatic carbocycles. The van der Waals surface area contributed by atoms with Gasteiger partial charge >= 0.3 is 0 Å². The van der Waals surface area contributed by atoms with E-state index in [1.165, 1.54) is 11.8 Å². The average molecular weight is 339 g/mol. The van der Waals surface area contributed by atoms with Crippen LogP contribution in [0.15, 0.2) is 57.9 Å². The summed E-state index contributed by atoms with van der Waals surface area (Å²) in [6, 6.07) is 15.2. The Bertz CT molecular complexity index is 861. The molecule has 0 bridgehead atoms. The average Bonchev–Trinajstić information content (AvgIpc) is 3.01. The molecule has 0 atom stereocenters. The minimum absolute atomic E-state index is 0.130. The molecule has 1 aromatic heterocycles. The standard InChI is InChI=1S/C18H17N3O2S/c1-12-7-3-5-9-15(12)20-18(22)14-8-4-6-10-16(14)24-11-17-19-13(2)21-23-17/h3-10H,11H2,1-2H3,(H,20,22). The maximum Gasteiger partial charge on any atom is 0.256 e. The molecule has 6 heteroatoms. The van der Waals surface area contributed by atoms with Crippen molar-refractivity contribution in [3.05, 3.63) is 71.4 Å². The lowest BCUT2D eigenvalue weighted by atomic mass is 10.1. The Labute approximate surface area is 144 Å². The molecule has 3 aromatic rings. The van der Waals surface area contributed by atoms with Gasteiger partial charge in [0.05, 0.1) is 11.3 Å². The number of aromatic nitrogens is 2. The van der Waals surface area contributed by atoms with Gasteiger partial charge in [-0.2, -0.15) is 4.98 Å². The number of para-hydroxylation sites is 1. The van der Waals surface area contributed by atoms with Crippen LogP contribution in [0.25, 0.3) is 0 Å². The number of carbonyl (C=O) groups is 1. The first-order valence-corrected chi connectivity index (χ1v) is 8.50. The third kappa shape index (κ3) is 3.83. The molecular formula is C18H17N3O2S. The number of amides is 1. The second-order valence-electron chi connectivity index (χ2n) is 5.29. The number of benzene rings is 2. The van der Waals surface area contributed by atoms with Gasteiger partial charge in [-0.05, 0) is 37.6 Å². The summed E-state index contributed by atoms with van der Waals surface area (Å²) in [6.45, 7) is 3.75. The third-order valence-electron chi connectivity index (χ3n) is 3.45. The van der Waals surface area contributed by atoms with E-state index in [0.29, 0.717) is 23.0 Å². The Morgan fingerprint density at radius 1 is 1.12 bits per heavy atom. The van der Waals surface area contributed by atoms with Gasteiger partial charge in [-0.15, -0.1) is 11.8 Å². The number of hydrogen-bond donors (Lipinski definition) is 1. The van der Waals surface area contributed by atoms with Gasteiger partial charge in [0.2, 0.25) is 5.89 Å². The van der Waals surface area contributed by atoms with E-state index < -0.39 is 0 Å². The Morgan fingerprint density at radius 2 is 1.88 bits per heavy atom. The topological polar surface area (TPSA) is 68.0 Å². The maximum absolute atomic E-state index is 12.6. The van der Waals surface area contributed by atoms with Gasteiger partial charge in [-0.25, -0.2) is 0 Å². The largest absolute Gasteiger partial charge is 0.338 e. The number of nitrogens with zero attached hydrogens (tertiary/aromatic N) is 2. The summed E-state index contributed by atoms with van der Waals surface area (Å²) in [6.07, 6.45) is 0. The number of rotatable bonds is 5. The molecule has 1 heterocycles. The van der Waals surface area contributed by atoms with Crippen LogP contribution >= 0.6 is 11.8 Å². The van der Waals surface area contributed by atoms with Crippen molar-refractivity contribution in [2.75, 3.05) is 5.32 Å². The van der Waals surface area contributed by atoms with Crippen molar-refractivity contribution in [3.63, 3.8) is 0 Å².